The first-order chi connectivity index (χ1) is 12.7. The Labute approximate surface area is 152 Å². The number of hydrogen-bond donors (Lipinski definition) is 0. The van der Waals surface area contributed by atoms with E-state index < -0.39 is 0 Å². The zero-order valence-corrected chi connectivity index (χ0v) is 14.4. The predicted molar refractivity (Wildman–Crippen MR) is 96.2 cm³/mol. The summed E-state index contributed by atoms with van der Waals surface area (Å²) in [6.45, 7) is 1.82. The molecule has 1 atom stereocenters. The van der Waals surface area contributed by atoms with Crippen LogP contribution >= 0.6 is 0 Å². The van der Waals surface area contributed by atoms with E-state index in [4.69, 9.17) is 0 Å². The summed E-state index contributed by atoms with van der Waals surface area (Å²) in [6.07, 6.45) is 3.78. The van der Waals surface area contributed by atoms with Crippen LogP contribution in [0.4, 0.5) is 0 Å². The fourth-order valence-corrected chi connectivity index (χ4v) is 3.90. The number of likely N-dealkylation sites (tertiary alicyclic amines) is 1. The van der Waals surface area contributed by atoms with E-state index in [1.165, 1.54) is 0 Å². The molecule has 0 unspecified atom stereocenters. The topological polar surface area (TPSA) is 71.1 Å². The van der Waals surface area contributed by atoms with Crippen LogP contribution in [0.1, 0.15) is 29.5 Å². The van der Waals surface area contributed by atoms with Gasteiger partial charge in [0.15, 0.2) is 6.19 Å². The molecule has 5 nitrogen and oxygen atoms in total. The van der Waals surface area contributed by atoms with Crippen molar-refractivity contribution in [1.82, 2.24) is 9.80 Å². The SMILES string of the molecule is N#Cc1ccccc1-c1ccc2c(c1)CN(C(=O)[C@@H]1CCCN1C#N)C2. The quantitative estimate of drug-likeness (QED) is 0.787. The lowest BCUT2D eigenvalue weighted by molar-refractivity contribution is -0.135. The molecule has 0 aromatic heterocycles. The van der Waals surface area contributed by atoms with Crippen LogP contribution in [0.25, 0.3) is 11.1 Å². The molecule has 0 N–H and O–H groups in total. The van der Waals surface area contributed by atoms with Crippen LogP contribution in [0.3, 0.4) is 0 Å². The van der Waals surface area contributed by atoms with Crippen molar-refractivity contribution in [1.29, 1.82) is 10.5 Å². The number of carbonyl (C=O) groups is 1. The van der Waals surface area contributed by atoms with E-state index in [2.05, 4.69) is 18.3 Å². The average Bonchev–Trinajstić information content (AvgIpc) is 3.33. The highest BCUT2D eigenvalue weighted by molar-refractivity contribution is 5.83. The molecule has 1 saturated heterocycles. The molecule has 0 saturated carbocycles. The van der Waals surface area contributed by atoms with Crippen LogP contribution in [0.2, 0.25) is 0 Å². The smallest absolute Gasteiger partial charge is 0.246 e. The van der Waals surface area contributed by atoms with Gasteiger partial charge in [0, 0.05) is 19.6 Å². The Morgan fingerprint density at radius 1 is 1.08 bits per heavy atom. The van der Waals surface area contributed by atoms with Gasteiger partial charge in [0.2, 0.25) is 5.91 Å². The van der Waals surface area contributed by atoms with Crippen LogP contribution in [0.5, 0.6) is 0 Å². The zero-order valence-electron chi connectivity index (χ0n) is 14.4. The number of fused-ring (bicyclic) bond motifs is 1. The lowest BCUT2D eigenvalue weighted by Crippen LogP contribution is -2.41. The van der Waals surface area contributed by atoms with Crippen molar-refractivity contribution in [2.45, 2.75) is 32.0 Å². The van der Waals surface area contributed by atoms with E-state index in [0.717, 1.165) is 35.1 Å². The van der Waals surface area contributed by atoms with E-state index in [0.29, 0.717) is 25.2 Å². The van der Waals surface area contributed by atoms with Crippen LogP contribution in [-0.2, 0) is 17.9 Å². The molecule has 2 aromatic carbocycles. The van der Waals surface area contributed by atoms with Gasteiger partial charge in [-0.25, -0.2) is 0 Å². The van der Waals surface area contributed by atoms with Gasteiger partial charge in [-0.05, 0) is 47.2 Å². The molecule has 26 heavy (non-hydrogen) atoms. The van der Waals surface area contributed by atoms with Gasteiger partial charge in [-0.15, -0.1) is 0 Å². The van der Waals surface area contributed by atoms with Gasteiger partial charge in [0.1, 0.15) is 6.04 Å². The van der Waals surface area contributed by atoms with Crippen molar-refractivity contribution in [3.8, 4) is 23.4 Å². The zero-order chi connectivity index (χ0) is 18.1. The average molecular weight is 342 g/mol. The van der Waals surface area contributed by atoms with E-state index in [9.17, 15) is 15.3 Å². The molecule has 1 amide bonds. The molecule has 2 heterocycles. The van der Waals surface area contributed by atoms with Gasteiger partial charge in [-0.1, -0.05) is 30.3 Å². The minimum absolute atomic E-state index is 0.0409. The van der Waals surface area contributed by atoms with Gasteiger partial charge in [-0.2, -0.15) is 10.5 Å². The number of benzene rings is 2. The van der Waals surface area contributed by atoms with Gasteiger partial charge in [0.05, 0.1) is 11.6 Å². The molecule has 2 aliphatic rings. The molecule has 5 heteroatoms. The summed E-state index contributed by atoms with van der Waals surface area (Å²) >= 11 is 0. The monoisotopic (exact) mass is 342 g/mol. The number of rotatable bonds is 2. The van der Waals surface area contributed by atoms with Crippen LogP contribution in [-0.4, -0.2) is 28.3 Å². The van der Waals surface area contributed by atoms with Gasteiger partial charge in [0.25, 0.3) is 0 Å². The summed E-state index contributed by atoms with van der Waals surface area (Å²) in [5.41, 5.74) is 4.81. The van der Waals surface area contributed by atoms with Crippen molar-refractivity contribution >= 4 is 5.91 Å². The Bertz CT molecular complexity index is 953. The molecule has 0 spiro atoms. The van der Waals surface area contributed by atoms with E-state index >= 15 is 0 Å². The lowest BCUT2D eigenvalue weighted by atomic mass is 9.97. The summed E-state index contributed by atoms with van der Waals surface area (Å²) in [6, 6.07) is 15.6. The number of nitriles is 2. The Balaban J connectivity index is 1.58. The van der Waals surface area contributed by atoms with Gasteiger partial charge in [-0.3, -0.25) is 9.69 Å². The maximum atomic E-state index is 12.8. The van der Waals surface area contributed by atoms with Crippen molar-refractivity contribution < 1.29 is 4.79 Å². The molecule has 1 fully saturated rings. The van der Waals surface area contributed by atoms with E-state index in [1.54, 1.807) is 4.90 Å². The Hall–Kier alpha value is -3.31. The standard InChI is InChI=1S/C21H18N4O/c22-11-16-4-1-2-5-19(16)15-7-8-17-12-25(13-18(17)10-15)21(26)20-6-3-9-24(20)14-23/h1-2,4-5,7-8,10,20H,3,6,9,12-13H2/t20-/m0/s1. The Kier molecular flexibility index (Phi) is 4.07. The minimum Gasteiger partial charge on any atom is -0.332 e. The summed E-state index contributed by atoms with van der Waals surface area (Å²) < 4.78 is 0. The van der Waals surface area contributed by atoms with E-state index in [1.807, 2.05) is 41.3 Å². The molecular weight excluding hydrogens is 324 g/mol. The second kappa shape index (κ2) is 6.54. The fraction of sp³-hybridized carbons (Fsp3) is 0.286. The van der Waals surface area contributed by atoms with Gasteiger partial charge < -0.3 is 4.90 Å². The first-order valence-electron chi connectivity index (χ1n) is 8.77. The third-order valence-electron chi connectivity index (χ3n) is 5.27. The largest absolute Gasteiger partial charge is 0.332 e. The van der Waals surface area contributed by atoms with Crippen molar-refractivity contribution in [2.24, 2.45) is 0 Å². The lowest BCUT2D eigenvalue weighted by Gasteiger charge is -2.23. The second-order valence-corrected chi connectivity index (χ2v) is 6.79. The maximum Gasteiger partial charge on any atom is 0.246 e. The Morgan fingerprint density at radius 2 is 1.88 bits per heavy atom. The molecule has 2 aliphatic heterocycles. The molecule has 2 aromatic rings. The molecule has 128 valence electrons. The summed E-state index contributed by atoms with van der Waals surface area (Å²) in [5.74, 6) is 0.0409. The van der Waals surface area contributed by atoms with E-state index in [-0.39, 0.29) is 11.9 Å². The summed E-state index contributed by atoms with van der Waals surface area (Å²) in [4.78, 5) is 16.3. The van der Waals surface area contributed by atoms with Crippen molar-refractivity contribution in [2.75, 3.05) is 6.54 Å². The van der Waals surface area contributed by atoms with Crippen LogP contribution < -0.4 is 0 Å². The number of carbonyl (C=O) groups excluding carboxylic acids is 1. The molecule has 0 radical (unpaired) electrons. The minimum atomic E-state index is -0.312. The highest BCUT2D eigenvalue weighted by Crippen LogP contribution is 2.31. The summed E-state index contributed by atoms with van der Waals surface area (Å²) in [5, 5.41) is 18.5. The van der Waals surface area contributed by atoms with Crippen LogP contribution in [0, 0.1) is 22.8 Å². The second-order valence-electron chi connectivity index (χ2n) is 6.79. The van der Waals surface area contributed by atoms with Crippen molar-refractivity contribution in [3.63, 3.8) is 0 Å². The third-order valence-corrected chi connectivity index (χ3v) is 5.27. The number of amides is 1. The summed E-state index contributed by atoms with van der Waals surface area (Å²) in [7, 11) is 0. The van der Waals surface area contributed by atoms with Gasteiger partial charge >= 0.3 is 0 Å². The Morgan fingerprint density at radius 3 is 2.69 bits per heavy atom. The number of hydrogen-bond acceptors (Lipinski definition) is 4. The maximum absolute atomic E-state index is 12.8. The van der Waals surface area contributed by atoms with Crippen LogP contribution in [0.15, 0.2) is 42.5 Å². The molecule has 4 rings (SSSR count). The fourth-order valence-electron chi connectivity index (χ4n) is 3.90. The first kappa shape index (κ1) is 16.2. The molecular formula is C21H18N4O. The normalized spacial score (nSPS) is 18.3. The highest BCUT2D eigenvalue weighted by Gasteiger charge is 2.35. The third kappa shape index (κ3) is 2.68. The molecule has 0 aliphatic carbocycles. The molecule has 0 bridgehead atoms. The van der Waals surface area contributed by atoms with Crippen molar-refractivity contribution in [3.05, 3.63) is 59.2 Å². The number of nitrogens with zero attached hydrogens (tertiary/aromatic N) is 4. The predicted octanol–water partition coefficient (Wildman–Crippen LogP) is 3.01. The first-order valence-corrected chi connectivity index (χ1v) is 8.77. The highest BCUT2D eigenvalue weighted by atomic mass is 16.2.